The number of rotatable bonds is 2. The first-order chi connectivity index (χ1) is 9.63. The predicted octanol–water partition coefficient (Wildman–Crippen LogP) is 1.13. The monoisotopic (exact) mass is 274 g/mol. The molecule has 0 aliphatic carbocycles. The van der Waals surface area contributed by atoms with Gasteiger partial charge in [-0.15, -0.1) is 0 Å². The quantitative estimate of drug-likeness (QED) is 0.811. The van der Waals surface area contributed by atoms with Gasteiger partial charge in [-0.05, 0) is 24.0 Å². The first-order valence-electron chi connectivity index (χ1n) is 7.22. The van der Waals surface area contributed by atoms with Gasteiger partial charge in [-0.25, -0.2) is 4.79 Å². The smallest absolute Gasteiger partial charge is 0.319 e. The number of carbonyl (C=O) groups is 1. The van der Waals surface area contributed by atoms with Gasteiger partial charge in [0.05, 0.1) is 5.69 Å². The van der Waals surface area contributed by atoms with Crippen molar-refractivity contribution in [1.82, 2.24) is 19.7 Å². The average Bonchev–Trinajstić information content (AvgIpc) is 2.96. The van der Waals surface area contributed by atoms with Crippen molar-refractivity contribution >= 4 is 6.03 Å². The van der Waals surface area contributed by atoms with Gasteiger partial charge >= 0.3 is 6.03 Å². The van der Waals surface area contributed by atoms with Crippen LogP contribution in [0, 0.1) is 11.8 Å². The largest absolute Gasteiger partial charge is 0.331 e. The zero-order valence-corrected chi connectivity index (χ0v) is 12.2. The number of aromatic nitrogens is 1. The van der Waals surface area contributed by atoms with Crippen molar-refractivity contribution in [2.75, 3.05) is 40.3 Å². The lowest BCUT2D eigenvalue weighted by molar-refractivity contribution is 0.173. The lowest BCUT2D eigenvalue weighted by Crippen LogP contribution is -2.39. The average molecular weight is 274 g/mol. The van der Waals surface area contributed by atoms with Crippen molar-refractivity contribution in [2.24, 2.45) is 11.8 Å². The van der Waals surface area contributed by atoms with Gasteiger partial charge in [-0.2, -0.15) is 0 Å². The Bertz CT molecular complexity index is 462. The van der Waals surface area contributed by atoms with Gasteiger partial charge < -0.3 is 9.80 Å². The van der Waals surface area contributed by atoms with E-state index in [2.05, 4.69) is 16.0 Å². The second-order valence-corrected chi connectivity index (χ2v) is 6.12. The molecular formula is C15H22N4O. The number of likely N-dealkylation sites (tertiary alicyclic amines) is 2. The van der Waals surface area contributed by atoms with Gasteiger partial charge in [-0.3, -0.25) is 9.88 Å². The lowest BCUT2D eigenvalue weighted by atomic mass is 10.0. The summed E-state index contributed by atoms with van der Waals surface area (Å²) in [6.07, 6.45) is 1.85. The number of amides is 2. The fourth-order valence-corrected chi connectivity index (χ4v) is 3.38. The molecule has 2 aliphatic rings. The van der Waals surface area contributed by atoms with Crippen molar-refractivity contribution in [1.29, 1.82) is 0 Å². The Morgan fingerprint density at radius 1 is 1.25 bits per heavy atom. The molecule has 20 heavy (non-hydrogen) atoms. The van der Waals surface area contributed by atoms with Crippen LogP contribution in [-0.4, -0.2) is 66.0 Å². The van der Waals surface area contributed by atoms with Gasteiger partial charge in [0.25, 0.3) is 0 Å². The van der Waals surface area contributed by atoms with E-state index >= 15 is 0 Å². The van der Waals surface area contributed by atoms with Crippen molar-refractivity contribution in [2.45, 2.75) is 6.54 Å². The maximum Gasteiger partial charge on any atom is 0.319 e. The highest BCUT2D eigenvalue weighted by Crippen LogP contribution is 2.32. The van der Waals surface area contributed by atoms with E-state index in [0.717, 1.165) is 38.4 Å². The molecule has 0 bridgehead atoms. The summed E-state index contributed by atoms with van der Waals surface area (Å²) in [4.78, 5) is 22.5. The molecule has 3 rings (SSSR count). The predicted molar refractivity (Wildman–Crippen MR) is 77.2 cm³/mol. The van der Waals surface area contributed by atoms with Crippen LogP contribution in [-0.2, 0) is 6.54 Å². The first-order valence-corrected chi connectivity index (χ1v) is 7.22. The molecule has 2 aliphatic heterocycles. The Balaban J connectivity index is 1.55. The molecule has 0 spiro atoms. The number of hydrogen-bond donors (Lipinski definition) is 0. The number of nitrogens with zero attached hydrogens (tertiary/aromatic N) is 4. The van der Waals surface area contributed by atoms with Crippen molar-refractivity contribution in [3.8, 4) is 0 Å². The molecule has 0 radical (unpaired) electrons. The van der Waals surface area contributed by atoms with Crippen LogP contribution in [0.5, 0.6) is 0 Å². The fraction of sp³-hybridized carbons (Fsp3) is 0.600. The Morgan fingerprint density at radius 3 is 2.50 bits per heavy atom. The summed E-state index contributed by atoms with van der Waals surface area (Å²) in [7, 11) is 3.65. The molecule has 1 aromatic rings. The molecule has 0 N–H and O–H groups in total. The minimum absolute atomic E-state index is 0.149. The van der Waals surface area contributed by atoms with Crippen LogP contribution in [0.1, 0.15) is 5.69 Å². The molecule has 2 amide bonds. The van der Waals surface area contributed by atoms with Crippen LogP contribution >= 0.6 is 0 Å². The first kappa shape index (κ1) is 13.4. The van der Waals surface area contributed by atoms with Crippen molar-refractivity contribution in [3.63, 3.8) is 0 Å². The van der Waals surface area contributed by atoms with Crippen molar-refractivity contribution < 1.29 is 4.79 Å². The number of hydrogen-bond acceptors (Lipinski definition) is 3. The topological polar surface area (TPSA) is 39.7 Å². The second-order valence-electron chi connectivity index (χ2n) is 6.12. The molecular weight excluding hydrogens is 252 g/mol. The van der Waals surface area contributed by atoms with Gasteiger partial charge in [0, 0.05) is 53.0 Å². The van der Waals surface area contributed by atoms with Gasteiger partial charge in [0.15, 0.2) is 0 Å². The highest BCUT2D eigenvalue weighted by Gasteiger charge is 2.41. The van der Waals surface area contributed by atoms with Gasteiger partial charge in [0.1, 0.15) is 0 Å². The zero-order chi connectivity index (χ0) is 14.1. The number of fused-ring (bicyclic) bond motifs is 1. The minimum Gasteiger partial charge on any atom is -0.331 e. The number of carbonyl (C=O) groups excluding carboxylic acids is 1. The van der Waals surface area contributed by atoms with E-state index in [1.807, 2.05) is 37.3 Å². The van der Waals surface area contributed by atoms with E-state index in [-0.39, 0.29) is 6.03 Å². The van der Waals surface area contributed by atoms with E-state index in [0.29, 0.717) is 11.8 Å². The third kappa shape index (κ3) is 2.63. The molecule has 0 aromatic carbocycles. The van der Waals surface area contributed by atoms with E-state index in [1.54, 1.807) is 4.90 Å². The highest BCUT2D eigenvalue weighted by atomic mass is 16.2. The van der Waals surface area contributed by atoms with Crippen LogP contribution in [0.2, 0.25) is 0 Å². The van der Waals surface area contributed by atoms with Crippen LogP contribution in [0.4, 0.5) is 4.79 Å². The summed E-state index contributed by atoms with van der Waals surface area (Å²) in [5, 5.41) is 0. The summed E-state index contributed by atoms with van der Waals surface area (Å²) in [5.74, 6) is 1.25. The molecule has 2 saturated heterocycles. The Labute approximate surface area is 120 Å². The molecule has 2 fully saturated rings. The maximum absolute atomic E-state index is 12.0. The zero-order valence-electron chi connectivity index (χ0n) is 12.2. The third-order valence-corrected chi connectivity index (χ3v) is 4.33. The van der Waals surface area contributed by atoms with E-state index in [4.69, 9.17) is 0 Å². The minimum atomic E-state index is 0.149. The summed E-state index contributed by atoms with van der Waals surface area (Å²) in [6, 6.07) is 6.22. The highest BCUT2D eigenvalue weighted by molar-refractivity contribution is 5.74. The summed E-state index contributed by atoms with van der Waals surface area (Å²) >= 11 is 0. The molecule has 3 heterocycles. The van der Waals surface area contributed by atoms with Crippen molar-refractivity contribution in [3.05, 3.63) is 30.1 Å². The van der Waals surface area contributed by atoms with Crippen LogP contribution in [0.3, 0.4) is 0 Å². The number of pyridine rings is 1. The van der Waals surface area contributed by atoms with Gasteiger partial charge in [-0.1, -0.05) is 6.07 Å². The lowest BCUT2D eigenvalue weighted by Gasteiger charge is -2.24. The van der Waals surface area contributed by atoms with E-state index in [1.165, 1.54) is 0 Å². The normalized spacial score (nSPS) is 25.8. The Hall–Kier alpha value is -1.62. The van der Waals surface area contributed by atoms with E-state index < -0.39 is 0 Å². The van der Waals surface area contributed by atoms with Crippen LogP contribution in [0.25, 0.3) is 0 Å². The Kier molecular flexibility index (Phi) is 3.61. The van der Waals surface area contributed by atoms with E-state index in [9.17, 15) is 4.79 Å². The molecule has 2 atom stereocenters. The Morgan fingerprint density at radius 2 is 1.95 bits per heavy atom. The molecule has 5 heteroatoms. The van der Waals surface area contributed by atoms with Crippen LogP contribution < -0.4 is 0 Å². The third-order valence-electron chi connectivity index (χ3n) is 4.33. The molecule has 1 aromatic heterocycles. The summed E-state index contributed by atoms with van der Waals surface area (Å²) in [5.41, 5.74) is 1.13. The standard InChI is InChI=1S/C15H22N4O/c1-17(2)15(20)19-9-12-7-18(8-13(12)10-19)11-14-5-3-4-6-16-14/h3-6,12-13H,7-11H2,1-2H3/t12-,13-/m1/s1. The summed E-state index contributed by atoms with van der Waals surface area (Å²) in [6.45, 7) is 4.90. The molecule has 0 saturated carbocycles. The maximum atomic E-state index is 12.0. The molecule has 108 valence electrons. The number of urea groups is 1. The van der Waals surface area contributed by atoms with Gasteiger partial charge in [0.2, 0.25) is 0 Å². The summed E-state index contributed by atoms with van der Waals surface area (Å²) < 4.78 is 0. The SMILES string of the molecule is CN(C)C(=O)N1C[C@H]2CN(Cc3ccccn3)C[C@@H]2C1. The molecule has 0 unspecified atom stereocenters. The van der Waals surface area contributed by atoms with Crippen LogP contribution in [0.15, 0.2) is 24.4 Å². The fourth-order valence-electron chi connectivity index (χ4n) is 3.38. The molecule has 5 nitrogen and oxygen atoms in total. The second kappa shape index (κ2) is 5.40.